The summed E-state index contributed by atoms with van der Waals surface area (Å²) >= 11 is 0. The molecule has 0 atom stereocenters. The first-order valence-electron chi connectivity index (χ1n) is 9.75. The van der Waals surface area contributed by atoms with Crippen LogP contribution in [0.15, 0.2) is 36.5 Å². The number of aryl methyl sites for hydroxylation is 2. The van der Waals surface area contributed by atoms with Crippen LogP contribution in [-0.4, -0.2) is 28.7 Å². The highest BCUT2D eigenvalue weighted by molar-refractivity contribution is 6.08. The quantitative estimate of drug-likeness (QED) is 0.608. The fourth-order valence-electron chi connectivity index (χ4n) is 3.36. The van der Waals surface area contributed by atoms with Crippen LogP contribution >= 0.6 is 0 Å². The summed E-state index contributed by atoms with van der Waals surface area (Å²) in [7, 11) is 0. The Hall–Kier alpha value is -3.02. The zero-order valence-electron chi connectivity index (χ0n) is 16.9. The smallest absolute Gasteiger partial charge is 0.273 e. The van der Waals surface area contributed by atoms with Crippen molar-refractivity contribution in [2.24, 2.45) is 0 Å². The van der Waals surface area contributed by atoms with E-state index >= 15 is 0 Å². The van der Waals surface area contributed by atoms with Crippen molar-refractivity contribution in [3.63, 3.8) is 0 Å². The standard InChI is InChI=1S/C22H27N3O3/c1-5-13-28-19-9-8-12-23-21(19)24-22(26)20-15(4)17-14-16(27-7-3)10-11-18(17)25(20)6-2/h8-12,14H,5-7,13H2,1-4H3,(H,23,24,26). The van der Waals surface area contributed by atoms with Crippen LogP contribution in [0.2, 0.25) is 0 Å². The topological polar surface area (TPSA) is 65.4 Å². The second kappa shape index (κ2) is 8.78. The van der Waals surface area contributed by atoms with E-state index in [9.17, 15) is 4.79 Å². The maximum Gasteiger partial charge on any atom is 0.273 e. The van der Waals surface area contributed by atoms with Crippen molar-refractivity contribution in [3.8, 4) is 11.5 Å². The van der Waals surface area contributed by atoms with E-state index in [0.717, 1.165) is 28.6 Å². The molecule has 6 nitrogen and oxygen atoms in total. The molecular weight excluding hydrogens is 354 g/mol. The molecule has 0 aliphatic carbocycles. The number of carbonyl (C=O) groups is 1. The highest BCUT2D eigenvalue weighted by Gasteiger charge is 2.21. The van der Waals surface area contributed by atoms with E-state index in [4.69, 9.17) is 9.47 Å². The highest BCUT2D eigenvalue weighted by atomic mass is 16.5. The van der Waals surface area contributed by atoms with Crippen LogP contribution in [0.3, 0.4) is 0 Å². The van der Waals surface area contributed by atoms with Gasteiger partial charge in [0, 0.05) is 23.6 Å². The van der Waals surface area contributed by atoms with Crippen molar-refractivity contribution in [2.45, 2.75) is 40.7 Å². The third-order valence-electron chi connectivity index (χ3n) is 4.59. The Kier molecular flexibility index (Phi) is 6.19. The molecule has 0 unspecified atom stereocenters. The summed E-state index contributed by atoms with van der Waals surface area (Å²) < 4.78 is 13.4. The average molecular weight is 381 g/mol. The Labute approximate surface area is 165 Å². The molecule has 148 valence electrons. The molecule has 0 radical (unpaired) electrons. The molecule has 3 rings (SSSR count). The second-order valence-electron chi connectivity index (χ2n) is 6.48. The van der Waals surface area contributed by atoms with Crippen molar-refractivity contribution in [3.05, 3.63) is 47.8 Å². The third-order valence-corrected chi connectivity index (χ3v) is 4.59. The maximum atomic E-state index is 13.2. The van der Waals surface area contributed by atoms with Crippen LogP contribution in [0.5, 0.6) is 11.5 Å². The fourth-order valence-corrected chi connectivity index (χ4v) is 3.36. The minimum atomic E-state index is -0.200. The van der Waals surface area contributed by atoms with Crippen LogP contribution in [0, 0.1) is 6.92 Å². The largest absolute Gasteiger partial charge is 0.494 e. The predicted molar refractivity (Wildman–Crippen MR) is 111 cm³/mol. The molecule has 0 fully saturated rings. The fraction of sp³-hybridized carbons (Fsp3) is 0.364. The van der Waals surface area contributed by atoms with Gasteiger partial charge in [0.25, 0.3) is 5.91 Å². The van der Waals surface area contributed by atoms with Gasteiger partial charge in [0.15, 0.2) is 11.6 Å². The van der Waals surface area contributed by atoms with Gasteiger partial charge in [0.05, 0.1) is 13.2 Å². The SMILES string of the molecule is CCCOc1cccnc1NC(=O)c1c(C)c2cc(OCC)ccc2n1CC. The molecule has 3 aromatic rings. The normalized spacial score (nSPS) is 10.9. The van der Waals surface area contributed by atoms with Crippen molar-refractivity contribution in [2.75, 3.05) is 18.5 Å². The van der Waals surface area contributed by atoms with Gasteiger partial charge in [-0.15, -0.1) is 0 Å². The van der Waals surface area contributed by atoms with E-state index in [2.05, 4.69) is 10.3 Å². The van der Waals surface area contributed by atoms with Gasteiger partial charge >= 0.3 is 0 Å². The van der Waals surface area contributed by atoms with Gasteiger partial charge in [-0.05, 0) is 63.1 Å². The summed E-state index contributed by atoms with van der Waals surface area (Å²) in [6.07, 6.45) is 2.53. The molecule has 0 spiro atoms. The van der Waals surface area contributed by atoms with Gasteiger partial charge in [0.2, 0.25) is 0 Å². The number of carbonyl (C=O) groups excluding carboxylic acids is 1. The van der Waals surface area contributed by atoms with Crippen LogP contribution in [0.25, 0.3) is 10.9 Å². The van der Waals surface area contributed by atoms with Crippen molar-refractivity contribution in [1.82, 2.24) is 9.55 Å². The van der Waals surface area contributed by atoms with E-state index in [1.807, 2.05) is 56.5 Å². The average Bonchev–Trinajstić information content (AvgIpc) is 2.99. The Bertz CT molecular complexity index is 979. The minimum absolute atomic E-state index is 0.200. The molecule has 28 heavy (non-hydrogen) atoms. The van der Waals surface area contributed by atoms with Crippen LogP contribution < -0.4 is 14.8 Å². The second-order valence-corrected chi connectivity index (χ2v) is 6.48. The number of hydrogen-bond donors (Lipinski definition) is 1. The molecular formula is C22H27N3O3. The van der Waals surface area contributed by atoms with E-state index in [0.29, 0.717) is 37.0 Å². The number of pyridine rings is 1. The minimum Gasteiger partial charge on any atom is -0.494 e. The lowest BCUT2D eigenvalue weighted by atomic mass is 10.1. The number of benzene rings is 1. The van der Waals surface area contributed by atoms with Gasteiger partial charge in [-0.1, -0.05) is 6.92 Å². The summed E-state index contributed by atoms with van der Waals surface area (Å²) in [5.41, 5.74) is 2.55. The number of nitrogens with zero attached hydrogens (tertiary/aromatic N) is 2. The summed E-state index contributed by atoms with van der Waals surface area (Å²) in [6, 6.07) is 9.55. The van der Waals surface area contributed by atoms with Gasteiger partial charge < -0.3 is 19.4 Å². The number of rotatable bonds is 8. The molecule has 1 N–H and O–H groups in total. The Balaban J connectivity index is 1.99. The van der Waals surface area contributed by atoms with Crippen LogP contribution in [-0.2, 0) is 6.54 Å². The summed E-state index contributed by atoms with van der Waals surface area (Å²) in [6.45, 7) is 9.85. The lowest BCUT2D eigenvalue weighted by Gasteiger charge is -2.12. The van der Waals surface area contributed by atoms with E-state index in [1.54, 1.807) is 12.3 Å². The number of amides is 1. The number of anilines is 1. The molecule has 0 bridgehead atoms. The molecule has 1 aromatic carbocycles. The van der Waals surface area contributed by atoms with E-state index < -0.39 is 0 Å². The van der Waals surface area contributed by atoms with Crippen molar-refractivity contribution >= 4 is 22.6 Å². The van der Waals surface area contributed by atoms with Crippen LogP contribution in [0.1, 0.15) is 43.2 Å². The molecule has 0 aliphatic rings. The first-order chi connectivity index (χ1) is 13.6. The molecule has 0 saturated carbocycles. The lowest BCUT2D eigenvalue weighted by molar-refractivity contribution is 0.101. The van der Waals surface area contributed by atoms with Gasteiger partial charge in [-0.25, -0.2) is 4.98 Å². The van der Waals surface area contributed by atoms with Gasteiger partial charge in [0.1, 0.15) is 11.4 Å². The summed E-state index contributed by atoms with van der Waals surface area (Å²) in [4.78, 5) is 17.5. The number of fused-ring (bicyclic) bond motifs is 1. The Morgan fingerprint density at radius 2 is 2.00 bits per heavy atom. The van der Waals surface area contributed by atoms with Gasteiger partial charge in [-0.2, -0.15) is 0 Å². The zero-order chi connectivity index (χ0) is 20.1. The van der Waals surface area contributed by atoms with Gasteiger partial charge in [-0.3, -0.25) is 4.79 Å². The monoisotopic (exact) mass is 381 g/mol. The van der Waals surface area contributed by atoms with E-state index in [1.165, 1.54) is 0 Å². The summed E-state index contributed by atoms with van der Waals surface area (Å²) in [5.74, 6) is 1.61. The van der Waals surface area contributed by atoms with Crippen molar-refractivity contribution < 1.29 is 14.3 Å². The first kappa shape index (κ1) is 19.7. The molecule has 6 heteroatoms. The molecule has 0 saturated heterocycles. The highest BCUT2D eigenvalue weighted by Crippen LogP contribution is 2.30. The molecule has 2 heterocycles. The summed E-state index contributed by atoms with van der Waals surface area (Å²) in [5, 5.41) is 3.94. The zero-order valence-corrected chi connectivity index (χ0v) is 16.9. The molecule has 0 aliphatic heterocycles. The number of aromatic nitrogens is 2. The predicted octanol–water partition coefficient (Wildman–Crippen LogP) is 4.80. The number of ether oxygens (including phenoxy) is 2. The van der Waals surface area contributed by atoms with Crippen molar-refractivity contribution in [1.29, 1.82) is 0 Å². The van der Waals surface area contributed by atoms with E-state index in [-0.39, 0.29) is 5.91 Å². The number of hydrogen-bond acceptors (Lipinski definition) is 4. The molecule has 2 aromatic heterocycles. The Morgan fingerprint density at radius 1 is 1.18 bits per heavy atom. The number of nitrogens with one attached hydrogen (secondary N) is 1. The molecule has 1 amide bonds. The Morgan fingerprint density at radius 3 is 2.71 bits per heavy atom. The first-order valence-corrected chi connectivity index (χ1v) is 9.75. The lowest BCUT2D eigenvalue weighted by Crippen LogP contribution is -2.19. The maximum absolute atomic E-state index is 13.2. The third kappa shape index (κ3) is 3.81. The van der Waals surface area contributed by atoms with Crippen LogP contribution in [0.4, 0.5) is 5.82 Å².